The van der Waals surface area contributed by atoms with Crippen LogP contribution in [0.15, 0.2) is 0 Å². The molecule has 0 radical (unpaired) electrons. The highest BCUT2D eigenvalue weighted by Crippen LogP contribution is 2.21. The van der Waals surface area contributed by atoms with Gasteiger partial charge in [-0.3, -0.25) is 4.79 Å². The molecule has 0 aromatic carbocycles. The summed E-state index contributed by atoms with van der Waals surface area (Å²) >= 11 is 0. The van der Waals surface area contributed by atoms with Crippen LogP contribution in [-0.4, -0.2) is 36.5 Å². The Labute approximate surface area is 92.2 Å². The molecule has 1 N–H and O–H groups in total. The van der Waals surface area contributed by atoms with Gasteiger partial charge in [-0.1, -0.05) is 13.3 Å². The van der Waals surface area contributed by atoms with Crippen molar-refractivity contribution in [2.24, 2.45) is 5.92 Å². The summed E-state index contributed by atoms with van der Waals surface area (Å²) in [6.07, 6.45) is 5.47. The average molecular weight is 210 g/mol. The normalized spacial score (nSPS) is 33.9. The number of carbonyl (C=O) groups is 1. The van der Waals surface area contributed by atoms with Crippen LogP contribution in [0, 0.1) is 5.92 Å². The Morgan fingerprint density at radius 1 is 1.33 bits per heavy atom. The monoisotopic (exact) mass is 210 g/mol. The molecule has 0 aromatic heterocycles. The number of hydrogen-bond acceptors (Lipinski definition) is 2. The highest BCUT2D eigenvalue weighted by molar-refractivity contribution is 5.76. The van der Waals surface area contributed by atoms with Crippen molar-refractivity contribution in [1.29, 1.82) is 0 Å². The van der Waals surface area contributed by atoms with Crippen LogP contribution in [-0.2, 0) is 4.79 Å². The molecule has 0 aromatic rings. The van der Waals surface area contributed by atoms with E-state index < -0.39 is 0 Å². The second kappa shape index (κ2) is 4.97. The van der Waals surface area contributed by atoms with Gasteiger partial charge in [0.1, 0.15) is 0 Å². The zero-order chi connectivity index (χ0) is 10.7. The molecule has 0 bridgehead atoms. The van der Waals surface area contributed by atoms with E-state index in [0.29, 0.717) is 17.9 Å². The van der Waals surface area contributed by atoms with Gasteiger partial charge in [-0.2, -0.15) is 0 Å². The summed E-state index contributed by atoms with van der Waals surface area (Å²) in [6, 6.07) is 0.448. The molecular weight excluding hydrogens is 188 g/mol. The van der Waals surface area contributed by atoms with E-state index in [0.717, 1.165) is 32.5 Å². The molecule has 2 fully saturated rings. The predicted octanol–water partition coefficient (Wildman–Crippen LogP) is 1.39. The van der Waals surface area contributed by atoms with E-state index in [1.165, 1.54) is 19.3 Å². The van der Waals surface area contributed by atoms with Crippen molar-refractivity contribution >= 4 is 5.91 Å². The minimum Gasteiger partial charge on any atom is -0.338 e. The Bertz CT molecular complexity index is 230. The maximum atomic E-state index is 12.0. The minimum absolute atomic E-state index is 0.382. The van der Waals surface area contributed by atoms with Crippen LogP contribution in [0.4, 0.5) is 0 Å². The molecule has 0 saturated carbocycles. The maximum Gasteiger partial charge on any atom is 0.222 e. The van der Waals surface area contributed by atoms with Crippen LogP contribution in [0.25, 0.3) is 0 Å². The first kappa shape index (κ1) is 10.9. The number of hydrogen-bond donors (Lipinski definition) is 1. The van der Waals surface area contributed by atoms with Crippen molar-refractivity contribution in [2.75, 3.05) is 19.6 Å². The number of nitrogens with one attached hydrogen (secondary N) is 1. The van der Waals surface area contributed by atoms with Crippen molar-refractivity contribution in [3.05, 3.63) is 0 Å². The second-order valence-electron chi connectivity index (χ2n) is 4.94. The third-order valence-electron chi connectivity index (χ3n) is 3.80. The summed E-state index contributed by atoms with van der Waals surface area (Å²) in [4.78, 5) is 14.1. The lowest BCUT2D eigenvalue weighted by molar-refractivity contribution is -0.134. The first-order valence-corrected chi connectivity index (χ1v) is 6.29. The summed E-state index contributed by atoms with van der Waals surface area (Å²) in [5, 5.41) is 3.41. The van der Waals surface area contributed by atoms with Crippen molar-refractivity contribution in [1.82, 2.24) is 10.2 Å². The second-order valence-corrected chi connectivity index (χ2v) is 4.94. The Balaban J connectivity index is 2.02. The largest absolute Gasteiger partial charge is 0.338 e. The van der Waals surface area contributed by atoms with Gasteiger partial charge < -0.3 is 10.2 Å². The quantitative estimate of drug-likeness (QED) is 0.709. The van der Waals surface area contributed by atoms with Gasteiger partial charge in [0.25, 0.3) is 0 Å². The lowest BCUT2D eigenvalue weighted by atomic mass is 9.93. The molecule has 2 saturated heterocycles. The minimum atomic E-state index is 0.382. The van der Waals surface area contributed by atoms with Gasteiger partial charge in [0.2, 0.25) is 5.91 Å². The van der Waals surface area contributed by atoms with Crippen molar-refractivity contribution in [2.45, 2.75) is 45.1 Å². The molecule has 15 heavy (non-hydrogen) atoms. The summed E-state index contributed by atoms with van der Waals surface area (Å²) in [5.41, 5.74) is 0. The molecule has 2 aliphatic heterocycles. The van der Waals surface area contributed by atoms with E-state index in [4.69, 9.17) is 0 Å². The molecular formula is C12H22N2O. The third-order valence-corrected chi connectivity index (χ3v) is 3.80. The highest BCUT2D eigenvalue weighted by atomic mass is 16.2. The van der Waals surface area contributed by atoms with Gasteiger partial charge in [0, 0.05) is 25.6 Å². The van der Waals surface area contributed by atoms with Crippen molar-refractivity contribution < 1.29 is 4.79 Å². The number of rotatable bonds is 1. The van der Waals surface area contributed by atoms with Gasteiger partial charge in [0.05, 0.1) is 0 Å². The molecule has 2 atom stereocenters. The van der Waals surface area contributed by atoms with Crippen molar-refractivity contribution in [3.8, 4) is 0 Å². The Hall–Kier alpha value is -0.570. The fourth-order valence-electron chi connectivity index (χ4n) is 2.74. The number of nitrogens with zero attached hydrogens (tertiary/aromatic N) is 1. The average Bonchev–Trinajstić information content (AvgIpc) is 2.44. The van der Waals surface area contributed by atoms with Gasteiger partial charge in [-0.25, -0.2) is 0 Å². The molecule has 3 heteroatoms. The first-order valence-electron chi connectivity index (χ1n) is 6.29. The smallest absolute Gasteiger partial charge is 0.222 e. The van der Waals surface area contributed by atoms with E-state index in [1.807, 2.05) is 0 Å². The van der Waals surface area contributed by atoms with Crippen LogP contribution >= 0.6 is 0 Å². The van der Waals surface area contributed by atoms with E-state index in [9.17, 15) is 4.79 Å². The number of piperidine rings is 1. The summed E-state index contributed by atoms with van der Waals surface area (Å²) < 4.78 is 0. The van der Waals surface area contributed by atoms with Crippen LogP contribution in [0.2, 0.25) is 0 Å². The lowest BCUT2D eigenvalue weighted by Crippen LogP contribution is -2.52. The Morgan fingerprint density at radius 3 is 3.00 bits per heavy atom. The first-order chi connectivity index (χ1) is 7.29. The molecule has 0 spiro atoms. The van der Waals surface area contributed by atoms with Crippen LogP contribution in [0.5, 0.6) is 0 Å². The molecule has 1 amide bonds. The highest BCUT2D eigenvalue weighted by Gasteiger charge is 2.30. The zero-order valence-corrected chi connectivity index (χ0v) is 9.67. The molecule has 2 heterocycles. The van der Waals surface area contributed by atoms with Crippen LogP contribution in [0.3, 0.4) is 0 Å². The van der Waals surface area contributed by atoms with Gasteiger partial charge in [-0.15, -0.1) is 0 Å². The standard InChI is InChI=1S/C12H22N2O/c1-10-6-7-13-9-11(10)14-8-4-2-3-5-12(14)15/h10-11,13H,2-9H2,1H3. The van der Waals surface area contributed by atoms with Crippen LogP contribution < -0.4 is 5.32 Å². The molecule has 2 unspecified atom stereocenters. The predicted molar refractivity (Wildman–Crippen MR) is 60.6 cm³/mol. The summed E-state index contributed by atoms with van der Waals surface area (Å²) in [7, 11) is 0. The van der Waals surface area contributed by atoms with Gasteiger partial charge >= 0.3 is 0 Å². The molecule has 3 nitrogen and oxygen atoms in total. The van der Waals surface area contributed by atoms with Gasteiger partial charge in [0.15, 0.2) is 0 Å². The Morgan fingerprint density at radius 2 is 2.20 bits per heavy atom. The number of amides is 1. The van der Waals surface area contributed by atoms with Crippen LogP contribution in [0.1, 0.15) is 39.0 Å². The fraction of sp³-hybridized carbons (Fsp3) is 0.917. The molecule has 2 aliphatic rings. The molecule has 2 rings (SSSR count). The molecule has 0 aliphatic carbocycles. The summed E-state index contributed by atoms with van der Waals surface area (Å²) in [5.74, 6) is 1.04. The van der Waals surface area contributed by atoms with E-state index in [-0.39, 0.29) is 0 Å². The van der Waals surface area contributed by atoms with E-state index in [2.05, 4.69) is 17.1 Å². The van der Waals surface area contributed by atoms with E-state index >= 15 is 0 Å². The summed E-state index contributed by atoms with van der Waals surface area (Å²) in [6.45, 7) is 5.37. The third kappa shape index (κ3) is 2.51. The molecule has 86 valence electrons. The van der Waals surface area contributed by atoms with Crippen molar-refractivity contribution in [3.63, 3.8) is 0 Å². The number of carbonyl (C=O) groups excluding carboxylic acids is 1. The number of likely N-dealkylation sites (tertiary alicyclic amines) is 1. The topological polar surface area (TPSA) is 32.3 Å². The zero-order valence-electron chi connectivity index (χ0n) is 9.67. The SMILES string of the molecule is CC1CCNCC1N1CCCCCC1=O. The lowest BCUT2D eigenvalue weighted by Gasteiger charge is -2.38. The fourth-order valence-corrected chi connectivity index (χ4v) is 2.74. The Kier molecular flexibility index (Phi) is 3.62. The van der Waals surface area contributed by atoms with E-state index in [1.54, 1.807) is 0 Å². The maximum absolute atomic E-state index is 12.0. The van der Waals surface area contributed by atoms with Gasteiger partial charge in [-0.05, 0) is 31.7 Å².